The van der Waals surface area contributed by atoms with Crippen molar-refractivity contribution in [2.45, 2.75) is 13.8 Å². The number of aryl methyl sites for hydroxylation is 2. The van der Waals surface area contributed by atoms with Crippen LogP contribution in [0.25, 0.3) is 0 Å². The first-order chi connectivity index (χ1) is 12.1. The van der Waals surface area contributed by atoms with Crippen LogP contribution in [0.3, 0.4) is 0 Å². The van der Waals surface area contributed by atoms with E-state index in [9.17, 15) is 4.79 Å². The zero-order valence-corrected chi connectivity index (χ0v) is 14.1. The molecule has 3 aromatic rings. The number of benzene rings is 3. The highest BCUT2D eigenvalue weighted by atomic mass is 16.5. The largest absolute Gasteiger partial charge is 0.423 e. The fraction of sp³-hybridized carbons (Fsp3) is 0.0952. The zero-order chi connectivity index (χ0) is 17.6. The summed E-state index contributed by atoms with van der Waals surface area (Å²) in [5.41, 5.74) is 4.28. The SMILES string of the molecule is Cc1ccc(/N=N/c2ccc(OC(=O)c3ccc(C)cc3)cc2)cc1. The van der Waals surface area contributed by atoms with Gasteiger partial charge in [0.15, 0.2) is 0 Å². The van der Waals surface area contributed by atoms with E-state index in [-0.39, 0.29) is 5.97 Å². The third kappa shape index (κ3) is 4.61. The van der Waals surface area contributed by atoms with E-state index < -0.39 is 0 Å². The van der Waals surface area contributed by atoms with Crippen molar-refractivity contribution < 1.29 is 9.53 Å². The van der Waals surface area contributed by atoms with Gasteiger partial charge in [-0.3, -0.25) is 0 Å². The molecule has 0 aromatic heterocycles. The van der Waals surface area contributed by atoms with Gasteiger partial charge in [0.2, 0.25) is 0 Å². The second-order valence-corrected chi connectivity index (χ2v) is 5.78. The summed E-state index contributed by atoms with van der Waals surface area (Å²) < 4.78 is 5.36. The highest BCUT2D eigenvalue weighted by Crippen LogP contribution is 2.22. The summed E-state index contributed by atoms with van der Waals surface area (Å²) in [5.74, 6) is 0.0916. The average molecular weight is 330 g/mol. The summed E-state index contributed by atoms with van der Waals surface area (Å²) in [5, 5.41) is 8.36. The Hall–Kier alpha value is -3.27. The van der Waals surface area contributed by atoms with E-state index in [1.54, 1.807) is 36.4 Å². The molecule has 0 saturated carbocycles. The van der Waals surface area contributed by atoms with Crippen LogP contribution in [-0.4, -0.2) is 5.97 Å². The molecule has 0 aliphatic carbocycles. The maximum atomic E-state index is 12.1. The predicted octanol–water partition coefficient (Wildman–Crippen LogP) is 5.94. The summed E-state index contributed by atoms with van der Waals surface area (Å²) in [7, 11) is 0. The second kappa shape index (κ2) is 7.53. The van der Waals surface area contributed by atoms with Crippen molar-refractivity contribution in [3.8, 4) is 5.75 Å². The minimum absolute atomic E-state index is 0.381. The molecule has 0 aliphatic rings. The third-order valence-corrected chi connectivity index (χ3v) is 3.65. The Kier molecular flexibility index (Phi) is 5.00. The number of azo groups is 1. The van der Waals surface area contributed by atoms with Gasteiger partial charge in [0.05, 0.1) is 16.9 Å². The number of hydrogen-bond donors (Lipinski definition) is 0. The Balaban J connectivity index is 1.64. The minimum Gasteiger partial charge on any atom is -0.423 e. The standard InChI is InChI=1S/C21H18N2O2/c1-15-3-7-17(8-4-15)21(24)25-20-13-11-19(12-14-20)23-22-18-9-5-16(2)6-10-18/h3-14H,1-2H3/b23-22+. The Morgan fingerprint density at radius 2 is 1.12 bits per heavy atom. The summed E-state index contributed by atoms with van der Waals surface area (Å²) >= 11 is 0. The second-order valence-electron chi connectivity index (χ2n) is 5.78. The molecule has 4 heteroatoms. The van der Waals surface area contributed by atoms with Crippen LogP contribution in [0.4, 0.5) is 11.4 Å². The molecule has 0 saturated heterocycles. The highest BCUT2D eigenvalue weighted by Gasteiger charge is 2.08. The first-order valence-electron chi connectivity index (χ1n) is 7.97. The lowest BCUT2D eigenvalue weighted by molar-refractivity contribution is 0.0735. The number of hydrogen-bond acceptors (Lipinski definition) is 4. The van der Waals surface area contributed by atoms with E-state index in [0.29, 0.717) is 17.0 Å². The Morgan fingerprint density at radius 3 is 1.64 bits per heavy atom. The molecular formula is C21H18N2O2. The van der Waals surface area contributed by atoms with E-state index >= 15 is 0 Å². The van der Waals surface area contributed by atoms with E-state index in [1.807, 2.05) is 50.2 Å². The molecule has 0 N–H and O–H groups in total. The normalized spacial score (nSPS) is 10.8. The van der Waals surface area contributed by atoms with Crippen molar-refractivity contribution in [3.63, 3.8) is 0 Å². The maximum absolute atomic E-state index is 12.1. The lowest BCUT2D eigenvalue weighted by atomic mass is 10.1. The van der Waals surface area contributed by atoms with Gasteiger partial charge in [-0.2, -0.15) is 10.2 Å². The van der Waals surface area contributed by atoms with Crippen LogP contribution in [0.15, 0.2) is 83.0 Å². The molecule has 3 aromatic carbocycles. The average Bonchev–Trinajstić information content (AvgIpc) is 2.63. The number of carbonyl (C=O) groups is 1. The molecule has 0 fully saturated rings. The minimum atomic E-state index is -0.381. The van der Waals surface area contributed by atoms with Gasteiger partial charge in [-0.25, -0.2) is 4.79 Å². The van der Waals surface area contributed by atoms with Crippen molar-refractivity contribution in [1.82, 2.24) is 0 Å². The van der Waals surface area contributed by atoms with E-state index in [0.717, 1.165) is 11.3 Å². The Labute approximate surface area is 146 Å². The molecule has 0 aliphatic heterocycles. The van der Waals surface area contributed by atoms with Gasteiger partial charge in [-0.15, -0.1) is 0 Å². The van der Waals surface area contributed by atoms with Crippen LogP contribution < -0.4 is 4.74 Å². The Morgan fingerprint density at radius 1 is 0.680 bits per heavy atom. The quantitative estimate of drug-likeness (QED) is 0.338. The van der Waals surface area contributed by atoms with Gasteiger partial charge < -0.3 is 4.74 Å². The summed E-state index contributed by atoms with van der Waals surface area (Å²) in [6.07, 6.45) is 0. The number of rotatable bonds is 4. The molecular weight excluding hydrogens is 312 g/mol. The zero-order valence-electron chi connectivity index (χ0n) is 14.1. The molecule has 4 nitrogen and oxygen atoms in total. The lowest BCUT2D eigenvalue weighted by Gasteiger charge is -2.04. The van der Waals surface area contributed by atoms with Gasteiger partial charge in [0.1, 0.15) is 5.75 Å². The predicted molar refractivity (Wildman–Crippen MR) is 97.9 cm³/mol. The molecule has 0 atom stereocenters. The van der Waals surface area contributed by atoms with Gasteiger partial charge in [0, 0.05) is 0 Å². The van der Waals surface area contributed by atoms with Crippen molar-refractivity contribution in [2.24, 2.45) is 10.2 Å². The van der Waals surface area contributed by atoms with Gasteiger partial charge in [-0.1, -0.05) is 35.4 Å². The molecule has 0 amide bonds. The molecule has 124 valence electrons. The van der Waals surface area contributed by atoms with Gasteiger partial charge in [0.25, 0.3) is 0 Å². The van der Waals surface area contributed by atoms with E-state index in [1.165, 1.54) is 5.56 Å². The smallest absolute Gasteiger partial charge is 0.343 e. The maximum Gasteiger partial charge on any atom is 0.343 e. The molecule has 0 spiro atoms. The summed E-state index contributed by atoms with van der Waals surface area (Å²) in [4.78, 5) is 12.1. The van der Waals surface area contributed by atoms with Crippen molar-refractivity contribution in [3.05, 3.63) is 89.5 Å². The molecule has 0 radical (unpaired) electrons. The van der Waals surface area contributed by atoms with Crippen LogP contribution in [0, 0.1) is 13.8 Å². The fourth-order valence-corrected chi connectivity index (χ4v) is 2.16. The van der Waals surface area contributed by atoms with Crippen molar-refractivity contribution in [2.75, 3.05) is 0 Å². The van der Waals surface area contributed by atoms with Gasteiger partial charge in [-0.05, 0) is 62.4 Å². The number of ether oxygens (including phenoxy) is 1. The van der Waals surface area contributed by atoms with Crippen LogP contribution in [0.2, 0.25) is 0 Å². The van der Waals surface area contributed by atoms with Crippen molar-refractivity contribution >= 4 is 17.3 Å². The molecule has 0 heterocycles. The monoisotopic (exact) mass is 330 g/mol. The highest BCUT2D eigenvalue weighted by molar-refractivity contribution is 5.91. The van der Waals surface area contributed by atoms with Gasteiger partial charge >= 0.3 is 5.97 Å². The number of nitrogens with zero attached hydrogens (tertiary/aromatic N) is 2. The summed E-state index contributed by atoms with van der Waals surface area (Å²) in [6.45, 7) is 4.00. The molecule has 3 rings (SSSR count). The first-order valence-corrected chi connectivity index (χ1v) is 7.97. The summed E-state index contributed by atoms with van der Waals surface area (Å²) in [6, 6.07) is 22.0. The van der Waals surface area contributed by atoms with E-state index in [2.05, 4.69) is 10.2 Å². The number of carbonyl (C=O) groups excluding carboxylic acids is 1. The molecule has 0 bridgehead atoms. The molecule has 0 unspecified atom stereocenters. The van der Waals surface area contributed by atoms with Crippen LogP contribution in [-0.2, 0) is 0 Å². The van der Waals surface area contributed by atoms with E-state index in [4.69, 9.17) is 4.74 Å². The number of esters is 1. The first kappa shape index (κ1) is 16.6. The lowest BCUT2D eigenvalue weighted by Crippen LogP contribution is -2.08. The Bertz CT molecular complexity index is 881. The van der Waals surface area contributed by atoms with Crippen LogP contribution in [0.1, 0.15) is 21.5 Å². The molecule has 25 heavy (non-hydrogen) atoms. The third-order valence-electron chi connectivity index (χ3n) is 3.65. The van der Waals surface area contributed by atoms with Crippen LogP contribution >= 0.6 is 0 Å². The van der Waals surface area contributed by atoms with Crippen LogP contribution in [0.5, 0.6) is 5.75 Å². The fourth-order valence-electron chi connectivity index (χ4n) is 2.16. The topological polar surface area (TPSA) is 51.0 Å². The van der Waals surface area contributed by atoms with Crippen molar-refractivity contribution in [1.29, 1.82) is 0 Å².